The van der Waals surface area contributed by atoms with Gasteiger partial charge in [-0.3, -0.25) is 23.6 Å². The molecular weight excluding hydrogens is 479 g/mol. The Kier molecular flexibility index (Phi) is 6.57. The second-order valence-electron chi connectivity index (χ2n) is 9.09. The zero-order valence-corrected chi connectivity index (χ0v) is 20.6. The highest BCUT2D eigenvalue weighted by Gasteiger charge is 2.19. The lowest BCUT2D eigenvalue weighted by Crippen LogP contribution is -2.46. The van der Waals surface area contributed by atoms with Gasteiger partial charge in [-0.05, 0) is 29.8 Å². The lowest BCUT2D eigenvalue weighted by molar-refractivity contribution is -0.116. The molecule has 37 heavy (non-hydrogen) atoms. The van der Waals surface area contributed by atoms with Crippen molar-refractivity contribution in [2.45, 2.75) is 13.1 Å². The van der Waals surface area contributed by atoms with Crippen LogP contribution in [0.25, 0.3) is 11.2 Å². The molecule has 1 aliphatic rings. The van der Waals surface area contributed by atoms with Gasteiger partial charge in [-0.15, -0.1) is 0 Å². The lowest BCUT2D eigenvalue weighted by Gasteiger charge is -2.36. The first-order valence-electron chi connectivity index (χ1n) is 11.9. The number of carbonyl (C=O) groups excluding carboxylic acids is 1. The molecule has 4 heterocycles. The molecule has 1 fully saturated rings. The van der Waals surface area contributed by atoms with Crippen molar-refractivity contribution in [1.29, 1.82) is 0 Å². The second kappa shape index (κ2) is 9.97. The van der Waals surface area contributed by atoms with Crippen molar-refractivity contribution in [3.8, 4) is 0 Å². The zero-order valence-electron chi connectivity index (χ0n) is 20.6. The molecule has 0 bridgehead atoms. The first-order valence-corrected chi connectivity index (χ1v) is 11.9. The highest BCUT2D eigenvalue weighted by Crippen LogP contribution is 2.18. The van der Waals surface area contributed by atoms with Crippen LogP contribution < -0.4 is 21.5 Å². The van der Waals surface area contributed by atoms with Gasteiger partial charge in [-0.2, -0.15) is 0 Å². The summed E-state index contributed by atoms with van der Waals surface area (Å²) in [5.74, 6) is -0.200. The third-order valence-electron chi connectivity index (χ3n) is 6.58. The molecule has 0 atom stereocenters. The molecular formula is C25H27FN8O3. The molecule has 1 N–H and O–H groups in total. The zero-order chi connectivity index (χ0) is 26.1. The number of aromatic nitrogens is 5. The summed E-state index contributed by atoms with van der Waals surface area (Å²) in [5, 5.41) is 2.74. The number of aryl methyl sites for hydroxylation is 1. The van der Waals surface area contributed by atoms with E-state index in [4.69, 9.17) is 0 Å². The number of imidazole rings is 1. The molecule has 0 aliphatic carbocycles. The third-order valence-corrected chi connectivity index (χ3v) is 6.58. The van der Waals surface area contributed by atoms with Crippen LogP contribution >= 0.6 is 0 Å². The fourth-order valence-electron chi connectivity index (χ4n) is 4.56. The van der Waals surface area contributed by atoms with E-state index in [1.807, 2.05) is 12.1 Å². The van der Waals surface area contributed by atoms with E-state index in [1.165, 1.54) is 35.6 Å². The maximum Gasteiger partial charge on any atom is 0.332 e. The van der Waals surface area contributed by atoms with Gasteiger partial charge in [0.1, 0.15) is 18.2 Å². The molecule has 5 rings (SSSR count). The number of hydrogen-bond acceptors (Lipinski definition) is 7. The van der Waals surface area contributed by atoms with Crippen LogP contribution in [0.4, 0.5) is 15.9 Å². The highest BCUT2D eigenvalue weighted by molar-refractivity contribution is 5.90. The smallest absolute Gasteiger partial charge is 0.332 e. The van der Waals surface area contributed by atoms with Crippen molar-refractivity contribution in [3.63, 3.8) is 0 Å². The summed E-state index contributed by atoms with van der Waals surface area (Å²) in [5.41, 5.74) is 1.32. The van der Waals surface area contributed by atoms with Crippen molar-refractivity contribution >= 4 is 28.6 Å². The number of fused-ring (bicyclic) bond motifs is 1. The quantitative estimate of drug-likeness (QED) is 0.414. The summed E-state index contributed by atoms with van der Waals surface area (Å²) in [6.07, 6.45) is 3.09. The number of nitrogens with zero attached hydrogens (tertiary/aromatic N) is 7. The van der Waals surface area contributed by atoms with Crippen LogP contribution in [0.5, 0.6) is 0 Å². The SMILES string of the molecule is Cn1c(=O)c2c(ncn2CC(=O)Nc2ccc(N3CCN(Cc4cccc(F)c4)CC3)cn2)n(C)c1=O. The number of carbonyl (C=O) groups is 1. The maximum atomic E-state index is 13.4. The summed E-state index contributed by atoms with van der Waals surface area (Å²) < 4.78 is 17.1. The number of benzene rings is 1. The molecule has 0 spiro atoms. The van der Waals surface area contributed by atoms with E-state index in [9.17, 15) is 18.8 Å². The molecule has 1 aliphatic heterocycles. The average Bonchev–Trinajstić information content (AvgIpc) is 3.30. The first-order chi connectivity index (χ1) is 17.8. The Morgan fingerprint density at radius 1 is 1.03 bits per heavy atom. The number of pyridine rings is 1. The van der Waals surface area contributed by atoms with E-state index in [0.29, 0.717) is 12.4 Å². The van der Waals surface area contributed by atoms with Crippen molar-refractivity contribution in [3.05, 3.63) is 81.1 Å². The third kappa shape index (κ3) is 5.00. The fraction of sp³-hybridized carbons (Fsp3) is 0.320. The highest BCUT2D eigenvalue weighted by atomic mass is 19.1. The number of amides is 1. The molecule has 1 amide bonds. The van der Waals surface area contributed by atoms with Crippen LogP contribution in [0.2, 0.25) is 0 Å². The van der Waals surface area contributed by atoms with E-state index >= 15 is 0 Å². The van der Waals surface area contributed by atoms with Gasteiger partial charge in [0, 0.05) is 46.8 Å². The van der Waals surface area contributed by atoms with Gasteiger partial charge in [-0.25, -0.2) is 19.2 Å². The Morgan fingerprint density at radius 2 is 1.81 bits per heavy atom. The van der Waals surface area contributed by atoms with Crippen LogP contribution in [0.1, 0.15) is 5.56 Å². The average molecular weight is 507 g/mol. The number of rotatable bonds is 6. The van der Waals surface area contributed by atoms with Gasteiger partial charge in [0.15, 0.2) is 11.2 Å². The minimum atomic E-state index is -0.512. The minimum Gasteiger partial charge on any atom is -0.368 e. The molecule has 3 aromatic heterocycles. The molecule has 12 heteroatoms. The molecule has 0 unspecified atom stereocenters. The Bertz CT molecular complexity index is 1570. The Hall–Kier alpha value is -4.32. The monoisotopic (exact) mass is 506 g/mol. The summed E-state index contributed by atoms with van der Waals surface area (Å²) in [4.78, 5) is 50.3. The van der Waals surface area contributed by atoms with E-state index in [1.54, 1.807) is 24.4 Å². The molecule has 0 saturated carbocycles. The molecule has 192 valence electrons. The van der Waals surface area contributed by atoms with E-state index in [0.717, 1.165) is 42.0 Å². The predicted octanol–water partition coefficient (Wildman–Crippen LogP) is 0.929. The van der Waals surface area contributed by atoms with Crippen LogP contribution in [0.3, 0.4) is 0 Å². The fourth-order valence-corrected chi connectivity index (χ4v) is 4.56. The molecule has 4 aromatic rings. The van der Waals surface area contributed by atoms with Crippen LogP contribution in [0, 0.1) is 5.82 Å². The van der Waals surface area contributed by atoms with Crippen molar-refractivity contribution < 1.29 is 9.18 Å². The van der Waals surface area contributed by atoms with Crippen molar-refractivity contribution in [2.24, 2.45) is 14.1 Å². The van der Waals surface area contributed by atoms with Gasteiger partial charge >= 0.3 is 5.69 Å². The normalized spacial score (nSPS) is 14.3. The van der Waals surface area contributed by atoms with Crippen LogP contribution in [0.15, 0.2) is 58.5 Å². The standard InChI is InChI=1S/C25H27FN8O3/c1-30-23-22(24(36)31(2)25(30)37)34(16-28-23)15-21(35)29-20-7-6-19(13-27-20)33-10-8-32(9-11-33)14-17-4-3-5-18(26)12-17/h3-7,12-13,16H,8-11,14-15H2,1-2H3,(H,27,29,35). The summed E-state index contributed by atoms with van der Waals surface area (Å²) in [7, 11) is 2.91. The number of nitrogens with one attached hydrogen (secondary N) is 1. The van der Waals surface area contributed by atoms with Gasteiger partial charge < -0.3 is 14.8 Å². The lowest BCUT2D eigenvalue weighted by atomic mass is 10.2. The largest absolute Gasteiger partial charge is 0.368 e. The summed E-state index contributed by atoms with van der Waals surface area (Å²) in [6.45, 7) is 3.88. The van der Waals surface area contributed by atoms with Gasteiger partial charge in [0.05, 0.1) is 18.2 Å². The summed E-state index contributed by atoms with van der Waals surface area (Å²) >= 11 is 0. The molecule has 0 radical (unpaired) electrons. The Morgan fingerprint density at radius 3 is 2.51 bits per heavy atom. The first kappa shape index (κ1) is 24.4. The molecule has 1 aromatic carbocycles. The van der Waals surface area contributed by atoms with E-state index < -0.39 is 11.2 Å². The topological polar surface area (TPSA) is 110 Å². The van der Waals surface area contributed by atoms with Gasteiger partial charge in [0.2, 0.25) is 5.91 Å². The number of halogens is 1. The number of anilines is 2. The van der Waals surface area contributed by atoms with Gasteiger partial charge in [-0.1, -0.05) is 12.1 Å². The summed E-state index contributed by atoms with van der Waals surface area (Å²) in [6, 6.07) is 10.3. The predicted molar refractivity (Wildman–Crippen MR) is 137 cm³/mol. The maximum absolute atomic E-state index is 13.4. The number of hydrogen-bond donors (Lipinski definition) is 1. The molecule has 11 nitrogen and oxygen atoms in total. The Labute approximate surface area is 211 Å². The van der Waals surface area contributed by atoms with E-state index in [-0.39, 0.29) is 29.4 Å². The van der Waals surface area contributed by atoms with Gasteiger partial charge in [0.25, 0.3) is 5.56 Å². The molecule has 1 saturated heterocycles. The Balaban J connectivity index is 1.18. The second-order valence-corrected chi connectivity index (χ2v) is 9.09. The van der Waals surface area contributed by atoms with Crippen molar-refractivity contribution in [1.82, 2.24) is 28.6 Å². The van der Waals surface area contributed by atoms with Crippen LogP contribution in [-0.4, -0.2) is 60.7 Å². The minimum absolute atomic E-state index is 0.152. The van der Waals surface area contributed by atoms with Crippen LogP contribution in [-0.2, 0) is 32.0 Å². The van der Waals surface area contributed by atoms with Crippen molar-refractivity contribution in [2.75, 3.05) is 36.4 Å². The number of piperazine rings is 1. The van der Waals surface area contributed by atoms with E-state index in [2.05, 4.69) is 25.1 Å².